The van der Waals surface area contributed by atoms with E-state index in [1.807, 2.05) is 6.08 Å². The van der Waals surface area contributed by atoms with Gasteiger partial charge in [-0.15, -0.1) is 0 Å². The molecule has 3 fully saturated rings. The highest BCUT2D eigenvalue weighted by Gasteiger charge is 2.62. The topological polar surface area (TPSA) is 57.5 Å². The first-order chi connectivity index (χ1) is 10.8. The van der Waals surface area contributed by atoms with Crippen LogP contribution < -0.4 is 0 Å². The second-order valence-corrected chi connectivity index (χ2v) is 9.29. The number of fused-ring (bicyclic) bond motifs is 5. The monoisotopic (exact) mass is 318 g/mol. The summed E-state index contributed by atoms with van der Waals surface area (Å²) in [6, 6.07) is 0. The maximum atomic E-state index is 12.0. The summed E-state index contributed by atoms with van der Waals surface area (Å²) in [5.41, 5.74) is 1.13. The van der Waals surface area contributed by atoms with Crippen LogP contribution in [-0.4, -0.2) is 28.2 Å². The molecule has 2 unspecified atom stereocenters. The zero-order valence-corrected chi connectivity index (χ0v) is 14.6. The van der Waals surface area contributed by atoms with Gasteiger partial charge in [-0.25, -0.2) is 0 Å². The number of carbonyl (C=O) groups is 1. The van der Waals surface area contributed by atoms with Gasteiger partial charge in [0.15, 0.2) is 5.78 Å². The molecule has 0 aromatic heterocycles. The molecule has 23 heavy (non-hydrogen) atoms. The Balaban J connectivity index is 1.78. The highest BCUT2D eigenvalue weighted by molar-refractivity contribution is 5.91. The fourth-order valence-electron chi connectivity index (χ4n) is 7.09. The molecule has 0 heterocycles. The van der Waals surface area contributed by atoms with Crippen molar-refractivity contribution in [1.29, 1.82) is 0 Å². The van der Waals surface area contributed by atoms with Crippen molar-refractivity contribution < 1.29 is 15.0 Å². The molecule has 8 atom stereocenters. The molecule has 0 aromatic rings. The highest BCUT2D eigenvalue weighted by atomic mass is 16.3. The zero-order chi connectivity index (χ0) is 16.6. The summed E-state index contributed by atoms with van der Waals surface area (Å²) in [7, 11) is 0. The second-order valence-electron chi connectivity index (χ2n) is 9.29. The fourth-order valence-corrected chi connectivity index (χ4v) is 7.09. The van der Waals surface area contributed by atoms with Crippen LogP contribution in [0.25, 0.3) is 0 Å². The summed E-state index contributed by atoms with van der Waals surface area (Å²) < 4.78 is 0. The van der Waals surface area contributed by atoms with E-state index in [0.29, 0.717) is 30.6 Å². The minimum atomic E-state index is -0.358. The molecule has 0 aliphatic heterocycles. The molecule has 0 bridgehead atoms. The van der Waals surface area contributed by atoms with Crippen molar-refractivity contribution in [3.05, 3.63) is 11.6 Å². The molecule has 0 saturated heterocycles. The number of ketones is 1. The van der Waals surface area contributed by atoms with Gasteiger partial charge in [-0.2, -0.15) is 0 Å². The Bertz CT molecular complexity index is 567. The smallest absolute Gasteiger partial charge is 0.155 e. The van der Waals surface area contributed by atoms with Crippen LogP contribution in [0, 0.1) is 34.5 Å². The minimum absolute atomic E-state index is 0.0372. The number of hydrogen-bond acceptors (Lipinski definition) is 3. The predicted molar refractivity (Wildman–Crippen MR) is 88.7 cm³/mol. The van der Waals surface area contributed by atoms with Crippen LogP contribution in [0.15, 0.2) is 11.6 Å². The number of rotatable bonds is 0. The van der Waals surface area contributed by atoms with E-state index in [1.54, 1.807) is 0 Å². The van der Waals surface area contributed by atoms with E-state index in [4.69, 9.17) is 0 Å². The molecular weight excluding hydrogens is 288 g/mol. The van der Waals surface area contributed by atoms with Crippen molar-refractivity contribution in [3.8, 4) is 0 Å². The number of allylic oxidation sites excluding steroid dienone is 1. The van der Waals surface area contributed by atoms with Gasteiger partial charge in [-0.05, 0) is 72.7 Å². The molecule has 2 N–H and O–H groups in total. The maximum absolute atomic E-state index is 12.0. The Morgan fingerprint density at radius 2 is 1.96 bits per heavy atom. The molecule has 0 amide bonds. The largest absolute Gasteiger partial charge is 0.393 e. The van der Waals surface area contributed by atoms with Crippen molar-refractivity contribution in [2.24, 2.45) is 34.5 Å². The summed E-state index contributed by atoms with van der Waals surface area (Å²) in [4.78, 5) is 12.0. The van der Waals surface area contributed by atoms with Gasteiger partial charge in [0.2, 0.25) is 0 Å². The minimum Gasteiger partial charge on any atom is -0.393 e. The summed E-state index contributed by atoms with van der Waals surface area (Å²) in [6.07, 6.45) is 6.51. The average molecular weight is 318 g/mol. The Labute approximate surface area is 139 Å². The molecule has 3 nitrogen and oxygen atoms in total. The lowest BCUT2D eigenvalue weighted by Crippen LogP contribution is -2.58. The normalized spacial score (nSPS) is 55.7. The van der Waals surface area contributed by atoms with Crippen LogP contribution in [0.2, 0.25) is 0 Å². The van der Waals surface area contributed by atoms with Crippen LogP contribution in [-0.2, 0) is 4.79 Å². The standard InChI is InChI=1S/C20H30O3/c1-11-8-13-14-4-5-17(23)20(14,3)10-16(22)18(13)19(2)7-6-12(21)9-15(11)19/h9,11,13-14,16-18,22-23H,4-8,10H2,1-3H3/t11-,13?,14-,16?,17-,18+,19-,20-/m0/s1. The highest BCUT2D eigenvalue weighted by Crippen LogP contribution is 2.66. The van der Waals surface area contributed by atoms with Gasteiger partial charge in [0.25, 0.3) is 0 Å². The first-order valence-electron chi connectivity index (χ1n) is 9.38. The first-order valence-corrected chi connectivity index (χ1v) is 9.38. The summed E-state index contributed by atoms with van der Waals surface area (Å²) >= 11 is 0. The van der Waals surface area contributed by atoms with Crippen LogP contribution in [0.4, 0.5) is 0 Å². The molecule has 0 aromatic carbocycles. The number of carbonyl (C=O) groups excluding carboxylic acids is 1. The van der Waals surface area contributed by atoms with Gasteiger partial charge in [-0.3, -0.25) is 4.79 Å². The van der Waals surface area contributed by atoms with Gasteiger partial charge < -0.3 is 10.2 Å². The second kappa shape index (κ2) is 4.92. The van der Waals surface area contributed by atoms with E-state index in [2.05, 4.69) is 20.8 Å². The third kappa shape index (κ3) is 1.99. The number of aliphatic hydroxyl groups excluding tert-OH is 2. The predicted octanol–water partition coefficient (Wildman–Crippen LogP) is 3.10. The van der Waals surface area contributed by atoms with Crippen LogP contribution in [0.3, 0.4) is 0 Å². The SMILES string of the molecule is C[C@H]1CC2[C@H](C(O)C[C@]3(C)[C@@H](O)CC[C@@H]23)[C@@]2(C)CCC(=O)C=C12. The molecule has 0 spiro atoms. The van der Waals surface area contributed by atoms with Crippen molar-refractivity contribution in [3.63, 3.8) is 0 Å². The Morgan fingerprint density at radius 1 is 1.22 bits per heavy atom. The molecule has 4 aliphatic carbocycles. The Morgan fingerprint density at radius 3 is 2.70 bits per heavy atom. The van der Waals surface area contributed by atoms with Gasteiger partial charge in [0, 0.05) is 6.42 Å². The molecular formula is C20H30O3. The summed E-state index contributed by atoms with van der Waals surface area (Å²) in [5, 5.41) is 21.6. The lowest BCUT2D eigenvalue weighted by molar-refractivity contribution is -0.147. The zero-order valence-electron chi connectivity index (χ0n) is 14.6. The molecule has 0 radical (unpaired) electrons. The van der Waals surface area contributed by atoms with Crippen molar-refractivity contribution in [2.75, 3.05) is 0 Å². The summed E-state index contributed by atoms with van der Waals surface area (Å²) in [6.45, 7) is 6.73. The van der Waals surface area contributed by atoms with E-state index in [9.17, 15) is 15.0 Å². The molecule has 3 saturated carbocycles. The third-order valence-electron chi connectivity index (χ3n) is 8.16. The molecule has 128 valence electrons. The van der Waals surface area contributed by atoms with Crippen molar-refractivity contribution in [2.45, 2.75) is 71.5 Å². The van der Waals surface area contributed by atoms with E-state index in [1.165, 1.54) is 5.57 Å². The molecule has 4 rings (SSSR count). The molecule has 4 aliphatic rings. The number of hydrogen-bond donors (Lipinski definition) is 2. The van der Waals surface area contributed by atoms with E-state index in [-0.39, 0.29) is 34.7 Å². The van der Waals surface area contributed by atoms with Crippen LogP contribution in [0.5, 0.6) is 0 Å². The Kier molecular flexibility index (Phi) is 3.39. The van der Waals surface area contributed by atoms with Crippen molar-refractivity contribution >= 4 is 5.78 Å². The van der Waals surface area contributed by atoms with E-state index in [0.717, 1.165) is 25.7 Å². The molecule has 3 heteroatoms. The lowest BCUT2D eigenvalue weighted by Gasteiger charge is -2.60. The number of aliphatic hydroxyl groups is 2. The van der Waals surface area contributed by atoms with Crippen LogP contribution >= 0.6 is 0 Å². The first kappa shape index (κ1) is 15.8. The van der Waals surface area contributed by atoms with Crippen LogP contribution in [0.1, 0.15) is 59.3 Å². The van der Waals surface area contributed by atoms with Crippen molar-refractivity contribution in [1.82, 2.24) is 0 Å². The van der Waals surface area contributed by atoms with E-state index < -0.39 is 0 Å². The van der Waals surface area contributed by atoms with Gasteiger partial charge in [0.05, 0.1) is 12.2 Å². The van der Waals surface area contributed by atoms with Gasteiger partial charge >= 0.3 is 0 Å². The Hall–Kier alpha value is -0.670. The summed E-state index contributed by atoms with van der Waals surface area (Å²) in [5.74, 6) is 1.92. The average Bonchev–Trinajstić information content (AvgIpc) is 2.76. The van der Waals surface area contributed by atoms with Gasteiger partial charge in [0.1, 0.15) is 0 Å². The fraction of sp³-hybridized carbons (Fsp3) is 0.850. The third-order valence-corrected chi connectivity index (χ3v) is 8.16. The van der Waals surface area contributed by atoms with E-state index >= 15 is 0 Å². The van der Waals surface area contributed by atoms with Gasteiger partial charge in [-0.1, -0.05) is 26.3 Å². The lowest BCUT2D eigenvalue weighted by atomic mass is 9.45. The maximum Gasteiger partial charge on any atom is 0.155 e. The quantitative estimate of drug-likeness (QED) is 0.721.